The first kappa shape index (κ1) is 21.7. The van der Waals surface area contributed by atoms with Crippen LogP contribution in [0.4, 0.5) is 0 Å². The van der Waals surface area contributed by atoms with Gasteiger partial charge in [0.05, 0.1) is 38.7 Å². The van der Waals surface area contributed by atoms with E-state index in [0.717, 1.165) is 0 Å². The number of methoxy groups -OCH3 is 3. The third kappa shape index (κ3) is 3.32. The Labute approximate surface area is 193 Å². The molecule has 176 valence electrons. The lowest BCUT2D eigenvalue weighted by atomic mass is 10.0. The van der Waals surface area contributed by atoms with Gasteiger partial charge in [0.25, 0.3) is 0 Å². The Morgan fingerprint density at radius 3 is 2.38 bits per heavy atom. The summed E-state index contributed by atoms with van der Waals surface area (Å²) in [6.45, 7) is -0.391. The minimum absolute atomic E-state index is 0.0309. The monoisotopic (exact) mass is 466 g/mol. The Balaban J connectivity index is 1.72. The van der Waals surface area contributed by atoms with Gasteiger partial charge in [0.15, 0.2) is 35.0 Å². The van der Waals surface area contributed by atoms with E-state index in [9.17, 15) is 15.0 Å². The molecule has 3 aromatic carbocycles. The Bertz CT molecular complexity index is 1460. The number of aliphatic hydroxyl groups is 1. The van der Waals surface area contributed by atoms with Crippen LogP contribution in [0.25, 0.3) is 21.9 Å². The van der Waals surface area contributed by atoms with Gasteiger partial charge in [-0.05, 0) is 30.3 Å². The molecule has 0 unspecified atom stereocenters. The number of ether oxygens (including phenoxy) is 5. The molecule has 0 fully saturated rings. The van der Waals surface area contributed by atoms with Crippen LogP contribution in [0.15, 0.2) is 51.7 Å². The Morgan fingerprint density at radius 1 is 0.882 bits per heavy atom. The molecule has 2 atom stereocenters. The molecule has 1 aliphatic rings. The van der Waals surface area contributed by atoms with Crippen LogP contribution in [0, 0.1) is 0 Å². The van der Waals surface area contributed by atoms with Crippen LogP contribution in [-0.2, 0) is 0 Å². The zero-order chi connectivity index (χ0) is 24.0. The molecule has 9 nitrogen and oxygen atoms in total. The zero-order valence-corrected chi connectivity index (χ0v) is 18.7. The number of aliphatic hydroxyl groups excluding tert-OH is 1. The molecule has 0 saturated heterocycles. The van der Waals surface area contributed by atoms with Gasteiger partial charge in [-0.1, -0.05) is 6.07 Å². The molecule has 4 aromatic rings. The fourth-order valence-electron chi connectivity index (χ4n) is 4.10. The van der Waals surface area contributed by atoms with Gasteiger partial charge in [0.2, 0.25) is 16.9 Å². The number of hydrogen-bond acceptors (Lipinski definition) is 9. The van der Waals surface area contributed by atoms with Gasteiger partial charge >= 0.3 is 0 Å². The second-order valence-corrected chi connectivity index (χ2v) is 7.72. The average molecular weight is 466 g/mol. The lowest BCUT2D eigenvalue weighted by Gasteiger charge is -2.34. The van der Waals surface area contributed by atoms with Gasteiger partial charge in [-0.2, -0.15) is 0 Å². The summed E-state index contributed by atoms with van der Waals surface area (Å²) in [6, 6.07) is 11.2. The molecule has 0 radical (unpaired) electrons. The minimum atomic E-state index is -0.844. The SMILES string of the molecule is COc1ccc2c(=O)c3cc(OC)c4c(c3oc2c1)O[C@H](CO)[C@@H](c1ccc(O)c(OC)c1)O4. The van der Waals surface area contributed by atoms with E-state index < -0.39 is 18.8 Å². The number of hydrogen-bond donors (Lipinski definition) is 2. The standard InChI is InChI=1S/C25H22O9/c1-29-13-5-6-14-17(9-13)32-23-15(21(14)28)10-19(31-3)24-25(23)33-20(11-26)22(34-24)12-4-7-16(27)18(8-12)30-2/h4-10,20,22,26-27H,11H2,1-3H3/t20-,22-/m1/s1. The maximum Gasteiger partial charge on any atom is 0.209 e. The zero-order valence-electron chi connectivity index (χ0n) is 18.7. The number of aromatic hydroxyl groups is 1. The fourth-order valence-corrected chi connectivity index (χ4v) is 4.10. The first-order chi connectivity index (χ1) is 16.5. The van der Waals surface area contributed by atoms with Crippen molar-refractivity contribution in [1.29, 1.82) is 0 Å². The molecule has 0 aliphatic carbocycles. The van der Waals surface area contributed by atoms with Crippen LogP contribution in [0.2, 0.25) is 0 Å². The van der Waals surface area contributed by atoms with Gasteiger partial charge in [-0.15, -0.1) is 0 Å². The normalized spacial score (nSPS) is 17.1. The van der Waals surface area contributed by atoms with Crippen LogP contribution in [0.3, 0.4) is 0 Å². The molecule has 5 rings (SSSR count). The van der Waals surface area contributed by atoms with Crippen molar-refractivity contribution < 1.29 is 38.3 Å². The smallest absolute Gasteiger partial charge is 0.209 e. The average Bonchev–Trinajstić information content (AvgIpc) is 2.87. The number of benzene rings is 3. The largest absolute Gasteiger partial charge is 0.504 e. The van der Waals surface area contributed by atoms with Crippen LogP contribution in [-0.4, -0.2) is 44.3 Å². The van der Waals surface area contributed by atoms with Crippen molar-refractivity contribution in [2.45, 2.75) is 12.2 Å². The van der Waals surface area contributed by atoms with Crippen molar-refractivity contribution >= 4 is 21.9 Å². The number of rotatable bonds is 5. The summed E-state index contributed by atoms with van der Waals surface area (Å²) >= 11 is 0. The first-order valence-electron chi connectivity index (χ1n) is 10.5. The highest BCUT2D eigenvalue weighted by atomic mass is 16.6. The molecule has 0 spiro atoms. The van der Waals surface area contributed by atoms with Crippen LogP contribution >= 0.6 is 0 Å². The summed E-state index contributed by atoms with van der Waals surface area (Å²) in [5, 5.41) is 20.7. The summed E-state index contributed by atoms with van der Waals surface area (Å²) in [5.74, 6) is 1.40. The second kappa shape index (κ2) is 8.35. The molecule has 9 heteroatoms. The highest BCUT2D eigenvalue weighted by Gasteiger charge is 2.37. The van der Waals surface area contributed by atoms with Gasteiger partial charge in [0, 0.05) is 11.6 Å². The molecule has 1 aliphatic heterocycles. The highest BCUT2D eigenvalue weighted by Crippen LogP contribution is 2.50. The van der Waals surface area contributed by atoms with Crippen molar-refractivity contribution in [3.8, 4) is 34.5 Å². The van der Waals surface area contributed by atoms with Crippen LogP contribution < -0.4 is 29.1 Å². The molecule has 2 N–H and O–H groups in total. The van der Waals surface area contributed by atoms with Gasteiger partial charge < -0.3 is 38.3 Å². The summed E-state index contributed by atoms with van der Waals surface area (Å²) in [4.78, 5) is 13.2. The number of phenols is 1. The van der Waals surface area contributed by atoms with Gasteiger partial charge in [-0.3, -0.25) is 4.79 Å². The minimum Gasteiger partial charge on any atom is -0.504 e. The lowest BCUT2D eigenvalue weighted by molar-refractivity contribution is -0.0134. The Hall–Kier alpha value is -4.11. The van der Waals surface area contributed by atoms with E-state index in [1.54, 1.807) is 36.4 Å². The van der Waals surface area contributed by atoms with Crippen molar-refractivity contribution in [3.63, 3.8) is 0 Å². The Morgan fingerprint density at radius 2 is 1.68 bits per heavy atom. The summed E-state index contributed by atoms with van der Waals surface area (Å²) in [7, 11) is 4.41. The molecule has 2 heterocycles. The van der Waals surface area contributed by atoms with E-state index in [2.05, 4.69) is 0 Å². The van der Waals surface area contributed by atoms with E-state index >= 15 is 0 Å². The summed E-state index contributed by atoms with van der Waals surface area (Å²) in [6.07, 6.45) is -1.60. The van der Waals surface area contributed by atoms with E-state index in [4.69, 9.17) is 28.1 Å². The summed E-state index contributed by atoms with van der Waals surface area (Å²) < 4.78 is 34.4. The lowest BCUT2D eigenvalue weighted by Crippen LogP contribution is -2.36. The quantitative estimate of drug-likeness (QED) is 0.426. The number of fused-ring (bicyclic) bond motifs is 4. The highest BCUT2D eigenvalue weighted by molar-refractivity contribution is 5.95. The van der Waals surface area contributed by atoms with Crippen LogP contribution in [0.5, 0.6) is 34.5 Å². The third-order valence-corrected chi connectivity index (χ3v) is 5.83. The summed E-state index contributed by atoms with van der Waals surface area (Å²) in [5.41, 5.74) is 0.821. The fraction of sp³-hybridized carbons (Fsp3) is 0.240. The van der Waals surface area contributed by atoms with Gasteiger partial charge in [0.1, 0.15) is 11.3 Å². The molecule has 0 bridgehead atoms. The number of phenolic OH excluding ortho intramolecular Hbond substituents is 1. The van der Waals surface area contributed by atoms with Gasteiger partial charge in [-0.25, -0.2) is 0 Å². The third-order valence-electron chi connectivity index (χ3n) is 5.83. The van der Waals surface area contributed by atoms with Crippen molar-refractivity contribution in [2.24, 2.45) is 0 Å². The molecule has 0 amide bonds. The topological polar surface area (TPSA) is 117 Å². The Kier molecular flexibility index (Phi) is 5.33. The van der Waals surface area contributed by atoms with E-state index in [0.29, 0.717) is 22.3 Å². The maximum atomic E-state index is 13.2. The second-order valence-electron chi connectivity index (χ2n) is 7.72. The van der Waals surface area contributed by atoms with E-state index in [-0.39, 0.29) is 45.1 Å². The van der Waals surface area contributed by atoms with Crippen molar-refractivity contribution in [1.82, 2.24) is 0 Å². The predicted molar refractivity (Wildman–Crippen MR) is 123 cm³/mol. The molecule has 34 heavy (non-hydrogen) atoms. The molecule has 0 saturated carbocycles. The van der Waals surface area contributed by atoms with Crippen LogP contribution in [0.1, 0.15) is 11.7 Å². The van der Waals surface area contributed by atoms with E-state index in [1.807, 2.05) is 0 Å². The predicted octanol–water partition coefficient (Wildman–Crippen LogP) is 3.55. The first-order valence-corrected chi connectivity index (χ1v) is 10.5. The molecular weight excluding hydrogens is 444 g/mol. The van der Waals surface area contributed by atoms with Crippen molar-refractivity contribution in [3.05, 3.63) is 58.3 Å². The molecule has 1 aromatic heterocycles. The van der Waals surface area contributed by atoms with Crippen molar-refractivity contribution in [2.75, 3.05) is 27.9 Å². The maximum absolute atomic E-state index is 13.2. The molecular formula is C25H22O9. The van der Waals surface area contributed by atoms with E-state index in [1.165, 1.54) is 27.4 Å².